The number of hydrogen-bond donors (Lipinski definition) is 16. The highest BCUT2D eigenvalue weighted by Crippen LogP contribution is 2.21. The van der Waals surface area contributed by atoms with Crippen molar-refractivity contribution in [2.45, 2.75) is 146 Å². The molecule has 0 unspecified atom stereocenters. The van der Waals surface area contributed by atoms with E-state index in [1.54, 1.807) is 13.8 Å². The second-order valence-corrected chi connectivity index (χ2v) is 16.6. The van der Waals surface area contributed by atoms with Crippen LogP contribution in [0, 0.1) is 5.92 Å². The average molecular weight is 972 g/mol. The van der Waals surface area contributed by atoms with Gasteiger partial charge in [0.1, 0.15) is 48.3 Å². The topological polar surface area (TPSA) is 491 Å². The molecule has 28 nitrogen and oxygen atoms in total. The lowest BCUT2D eigenvalue weighted by atomic mass is 10.0. The molecule has 1 heterocycles. The normalized spacial score (nSPS) is 16.8. The Kier molecular flexibility index (Phi) is 27.0. The van der Waals surface area contributed by atoms with E-state index in [1.165, 1.54) is 4.90 Å². The summed E-state index contributed by atoms with van der Waals surface area (Å²) in [4.78, 5) is 128. The zero-order valence-corrected chi connectivity index (χ0v) is 38.9. The van der Waals surface area contributed by atoms with Crippen LogP contribution >= 0.6 is 0 Å². The smallest absolute Gasteiger partial charge is 0.326 e. The van der Waals surface area contributed by atoms with Gasteiger partial charge < -0.3 is 91.6 Å². The van der Waals surface area contributed by atoms with E-state index in [1.807, 2.05) is 0 Å². The summed E-state index contributed by atoms with van der Waals surface area (Å²) in [6, 6.07) is -11.3. The lowest BCUT2D eigenvalue weighted by molar-refractivity contribution is -0.143. The van der Waals surface area contributed by atoms with Crippen LogP contribution in [0.25, 0.3) is 0 Å². The predicted octanol–water partition coefficient (Wildman–Crippen LogP) is -6.57. The fourth-order valence-electron chi connectivity index (χ4n) is 6.92. The van der Waals surface area contributed by atoms with Gasteiger partial charge in [-0.3, -0.25) is 48.3 Å². The number of amides is 7. The van der Waals surface area contributed by atoms with Gasteiger partial charge in [-0.1, -0.05) is 13.8 Å². The van der Waals surface area contributed by atoms with Crippen molar-refractivity contribution >= 4 is 65.2 Å². The van der Waals surface area contributed by atoms with Crippen molar-refractivity contribution in [3.63, 3.8) is 0 Å². The van der Waals surface area contributed by atoms with E-state index in [0.29, 0.717) is 12.8 Å². The molecule has 0 spiro atoms. The molecule has 9 atom stereocenters. The van der Waals surface area contributed by atoms with Crippen LogP contribution in [-0.2, 0) is 43.2 Å². The monoisotopic (exact) mass is 972 g/mol. The maximum atomic E-state index is 13.9. The fraction of sp³-hybridized carbons (Fsp3) is 0.725. The Bertz CT molecular complexity index is 1780. The maximum Gasteiger partial charge on any atom is 0.326 e. The minimum absolute atomic E-state index is 0.00286. The molecule has 1 saturated heterocycles. The summed E-state index contributed by atoms with van der Waals surface area (Å²) >= 11 is 0. The molecule has 0 aliphatic carbocycles. The number of carbonyl (C=O) groups excluding carboxylic acids is 7. The summed E-state index contributed by atoms with van der Waals surface area (Å²) in [6.07, 6.45) is -1.37. The SMILES string of the molecule is CC(C)[C@H](NC(=O)[C@H](CCCCN)NC(=O)[C@H](CCC(=O)O)NC(=O)[C@@H](NC(=O)[C@@H]1CCCN1C(=O)[C@H](CCCN=C(N)N)NC(=O)[C@@H](N)CO)[C@@H](C)O)C(=O)N[C@@H](CCCN=C(N)N)C(=O)O. The van der Waals surface area contributed by atoms with Gasteiger partial charge in [-0.25, -0.2) is 4.79 Å². The van der Waals surface area contributed by atoms with Crippen molar-refractivity contribution in [2.75, 3.05) is 32.8 Å². The van der Waals surface area contributed by atoms with Crippen molar-refractivity contribution in [1.82, 2.24) is 36.8 Å². The van der Waals surface area contributed by atoms with Gasteiger partial charge >= 0.3 is 11.9 Å². The van der Waals surface area contributed by atoms with Crippen molar-refractivity contribution in [3.8, 4) is 0 Å². The largest absolute Gasteiger partial charge is 0.481 e. The van der Waals surface area contributed by atoms with Gasteiger partial charge in [-0.2, -0.15) is 0 Å². The van der Waals surface area contributed by atoms with E-state index >= 15 is 0 Å². The number of nitrogens with zero attached hydrogens (tertiary/aromatic N) is 3. The van der Waals surface area contributed by atoms with E-state index < -0.39 is 133 Å². The Balaban J connectivity index is 3.34. The van der Waals surface area contributed by atoms with E-state index in [4.69, 9.17) is 34.4 Å². The first-order valence-electron chi connectivity index (χ1n) is 22.4. The van der Waals surface area contributed by atoms with Crippen LogP contribution < -0.4 is 66.3 Å². The molecule has 1 rings (SSSR count). The van der Waals surface area contributed by atoms with Crippen molar-refractivity contribution in [3.05, 3.63) is 0 Å². The molecule has 0 aromatic rings. The number of unbranched alkanes of at least 4 members (excludes halogenated alkanes) is 1. The molecule has 1 fully saturated rings. The van der Waals surface area contributed by atoms with Gasteiger partial charge in [0.05, 0.1) is 12.7 Å². The second kappa shape index (κ2) is 30.8. The number of hydrogen-bond acceptors (Lipinski definition) is 15. The van der Waals surface area contributed by atoms with Crippen LogP contribution in [0.15, 0.2) is 9.98 Å². The van der Waals surface area contributed by atoms with Crippen molar-refractivity contribution in [1.29, 1.82) is 0 Å². The minimum Gasteiger partial charge on any atom is -0.481 e. The van der Waals surface area contributed by atoms with E-state index in [2.05, 4.69) is 41.9 Å². The Hall–Kier alpha value is -6.39. The number of guanidine groups is 2. The van der Waals surface area contributed by atoms with Crippen molar-refractivity contribution in [2.24, 2.45) is 50.3 Å². The average Bonchev–Trinajstić information content (AvgIpc) is 3.76. The maximum absolute atomic E-state index is 13.9. The molecule has 22 N–H and O–H groups in total. The summed E-state index contributed by atoms with van der Waals surface area (Å²) in [7, 11) is 0. The molecule has 68 heavy (non-hydrogen) atoms. The number of aliphatic carboxylic acids is 2. The van der Waals surface area contributed by atoms with Crippen LogP contribution in [0.3, 0.4) is 0 Å². The van der Waals surface area contributed by atoms with E-state index in [0.717, 1.165) is 6.92 Å². The highest BCUT2D eigenvalue weighted by atomic mass is 16.4. The van der Waals surface area contributed by atoms with E-state index in [9.17, 15) is 63.6 Å². The molecule has 386 valence electrons. The number of aliphatic hydroxyl groups excluding tert-OH is 2. The molecule has 0 aromatic carbocycles. The van der Waals surface area contributed by atoms with Crippen LogP contribution in [0.5, 0.6) is 0 Å². The summed E-state index contributed by atoms with van der Waals surface area (Å²) < 4.78 is 0. The van der Waals surface area contributed by atoms with Crippen LogP contribution in [0.1, 0.15) is 91.4 Å². The van der Waals surface area contributed by atoms with Gasteiger partial charge in [-0.15, -0.1) is 0 Å². The lowest BCUT2D eigenvalue weighted by Gasteiger charge is -2.31. The third kappa shape index (κ3) is 21.5. The third-order valence-corrected chi connectivity index (χ3v) is 10.7. The fourth-order valence-corrected chi connectivity index (χ4v) is 6.92. The first kappa shape index (κ1) is 59.6. The summed E-state index contributed by atoms with van der Waals surface area (Å²) in [6.45, 7) is 4.07. The zero-order chi connectivity index (χ0) is 51.7. The van der Waals surface area contributed by atoms with E-state index in [-0.39, 0.29) is 83.0 Å². The summed E-state index contributed by atoms with van der Waals surface area (Å²) in [5.74, 6) is -10.0. The number of likely N-dealkylation sites (tertiary alicyclic amines) is 1. The Morgan fingerprint density at radius 1 is 0.647 bits per heavy atom. The summed E-state index contributed by atoms with van der Waals surface area (Å²) in [5, 5.41) is 54.0. The van der Waals surface area contributed by atoms with Crippen molar-refractivity contribution < 1.29 is 63.6 Å². The van der Waals surface area contributed by atoms with Gasteiger partial charge in [-0.05, 0) is 83.6 Å². The minimum atomic E-state index is -1.77. The molecule has 7 amide bonds. The highest BCUT2D eigenvalue weighted by Gasteiger charge is 2.41. The lowest BCUT2D eigenvalue weighted by Crippen LogP contribution is -2.61. The van der Waals surface area contributed by atoms with Crippen LogP contribution in [-0.4, -0.2) is 178 Å². The molecule has 1 aliphatic heterocycles. The number of aliphatic imine (C=N–C) groups is 2. The second-order valence-electron chi connectivity index (χ2n) is 16.6. The summed E-state index contributed by atoms with van der Waals surface area (Å²) in [5.41, 5.74) is 32.7. The van der Waals surface area contributed by atoms with Crippen LogP contribution in [0.4, 0.5) is 0 Å². The molecule has 1 aliphatic rings. The molecule has 0 aromatic heterocycles. The highest BCUT2D eigenvalue weighted by molar-refractivity contribution is 5.98. The molecule has 28 heteroatoms. The number of aliphatic hydroxyl groups is 2. The number of carboxylic acid groups (broad SMARTS) is 2. The Morgan fingerprint density at radius 3 is 1.66 bits per heavy atom. The number of carbonyl (C=O) groups is 9. The Labute approximate surface area is 393 Å². The molecule has 0 saturated carbocycles. The first-order valence-corrected chi connectivity index (χ1v) is 22.4. The quantitative estimate of drug-likeness (QED) is 0.0169. The Morgan fingerprint density at radius 2 is 1.15 bits per heavy atom. The standard InChI is InChI=1S/C40H73N15O13/c1-20(2)29(35(64)52-26(38(67)68)11-7-17-48-40(45)46)53-33(62)23(9-4-5-15-41)49-32(61)24(13-14-28(58)59)50-36(65)30(21(3)57)54-34(63)27-12-8-18-55(27)37(66)25(10-6-16-47-39(43)44)51-31(60)22(42)19-56/h20-27,29-30,56-57H,4-19,41-42H2,1-3H3,(H,49,61)(H,50,65)(H,51,60)(H,52,64)(H,53,62)(H,54,63)(H,58,59)(H,67,68)(H4,43,44,47)(H4,45,46,48)/t21-,22+,23+,24+,25+,26+,27+,29+,30+/m1/s1. The third-order valence-electron chi connectivity index (χ3n) is 10.7. The number of nitrogens with one attached hydrogen (secondary N) is 6. The van der Waals surface area contributed by atoms with Crippen LogP contribution in [0.2, 0.25) is 0 Å². The first-order chi connectivity index (χ1) is 31.9. The van der Waals surface area contributed by atoms with Gasteiger partial charge in [0.15, 0.2) is 11.9 Å². The molecule has 0 bridgehead atoms. The number of rotatable bonds is 32. The van der Waals surface area contributed by atoms with Gasteiger partial charge in [0.25, 0.3) is 0 Å². The van der Waals surface area contributed by atoms with Gasteiger partial charge in [0.2, 0.25) is 41.4 Å². The predicted molar refractivity (Wildman–Crippen MR) is 245 cm³/mol. The zero-order valence-electron chi connectivity index (χ0n) is 38.9. The number of carboxylic acids is 2. The molecule has 0 radical (unpaired) electrons. The van der Waals surface area contributed by atoms with Gasteiger partial charge in [0, 0.05) is 26.1 Å². The molecular weight excluding hydrogens is 899 g/mol. The number of nitrogens with two attached hydrogens (primary N) is 6. The molecular formula is C40H73N15O13.